The van der Waals surface area contributed by atoms with Gasteiger partial charge in [-0.25, -0.2) is 4.98 Å². The summed E-state index contributed by atoms with van der Waals surface area (Å²) in [7, 11) is 1.88. The van der Waals surface area contributed by atoms with Gasteiger partial charge in [0.15, 0.2) is 0 Å². The maximum Gasteiger partial charge on any atom is 0.417 e. The largest absolute Gasteiger partial charge is 0.417 e. The Hall–Kier alpha value is -2.31. The van der Waals surface area contributed by atoms with Crippen LogP contribution in [0, 0.1) is 0 Å². The molecule has 2 rings (SSSR count). The lowest BCUT2D eigenvalue weighted by Gasteiger charge is -2.06. The van der Waals surface area contributed by atoms with Crippen LogP contribution in [0.25, 0.3) is 0 Å². The lowest BCUT2D eigenvalue weighted by molar-refractivity contribution is -0.137. The van der Waals surface area contributed by atoms with Crippen LogP contribution in [0.5, 0.6) is 0 Å². The van der Waals surface area contributed by atoms with Crippen molar-refractivity contribution in [1.29, 1.82) is 0 Å². The fourth-order valence-electron chi connectivity index (χ4n) is 1.40. The average Bonchev–Trinajstić information content (AvgIpc) is 2.75. The van der Waals surface area contributed by atoms with Crippen LogP contribution in [0.4, 0.5) is 19.0 Å². The van der Waals surface area contributed by atoms with Crippen molar-refractivity contribution in [2.45, 2.75) is 6.18 Å². The van der Waals surface area contributed by atoms with E-state index in [-0.39, 0.29) is 5.82 Å². The van der Waals surface area contributed by atoms with Crippen molar-refractivity contribution in [3.63, 3.8) is 0 Å². The van der Waals surface area contributed by atoms with Crippen molar-refractivity contribution in [1.82, 2.24) is 9.55 Å². The highest BCUT2D eigenvalue weighted by Crippen LogP contribution is 2.28. The van der Waals surface area contributed by atoms with Gasteiger partial charge < -0.3 is 4.57 Å². The number of nitrogens with one attached hydrogen (secondary N) is 1. The van der Waals surface area contributed by atoms with Crippen LogP contribution < -0.4 is 5.43 Å². The minimum Gasteiger partial charge on any atom is -0.357 e. The van der Waals surface area contributed by atoms with Crippen LogP contribution in [-0.4, -0.2) is 15.8 Å². The standard InChI is InChI=1S/C12H11F3N4/c1-19-5-4-9(8-19)6-17-18-11-3-2-10(7-16-11)12(13,14)15/h2-8H,1H3,(H,16,18)/b17-6+. The molecular formula is C12H11F3N4. The smallest absolute Gasteiger partial charge is 0.357 e. The maximum absolute atomic E-state index is 12.3. The van der Waals surface area contributed by atoms with Crippen LogP contribution >= 0.6 is 0 Å². The van der Waals surface area contributed by atoms with Crippen molar-refractivity contribution in [2.75, 3.05) is 5.43 Å². The van der Waals surface area contributed by atoms with E-state index in [1.165, 1.54) is 6.07 Å². The quantitative estimate of drug-likeness (QED) is 0.687. The number of halogens is 3. The molecular weight excluding hydrogens is 257 g/mol. The van der Waals surface area contributed by atoms with E-state index in [0.29, 0.717) is 0 Å². The lowest BCUT2D eigenvalue weighted by atomic mass is 10.3. The summed E-state index contributed by atoms with van der Waals surface area (Å²) in [5.41, 5.74) is 2.65. The van der Waals surface area contributed by atoms with Crippen LogP contribution in [0.3, 0.4) is 0 Å². The zero-order valence-electron chi connectivity index (χ0n) is 10.0. The van der Waals surface area contributed by atoms with Crippen molar-refractivity contribution in [2.24, 2.45) is 12.1 Å². The number of anilines is 1. The second-order valence-corrected chi connectivity index (χ2v) is 3.91. The van der Waals surface area contributed by atoms with E-state index in [2.05, 4.69) is 15.5 Å². The SMILES string of the molecule is Cn1ccc(/C=N/Nc2ccc(C(F)(F)F)cn2)c1. The Morgan fingerprint density at radius 1 is 1.32 bits per heavy atom. The van der Waals surface area contributed by atoms with Gasteiger partial charge in [0.2, 0.25) is 0 Å². The number of aromatic nitrogens is 2. The minimum atomic E-state index is -4.38. The van der Waals surface area contributed by atoms with Gasteiger partial charge >= 0.3 is 6.18 Å². The van der Waals surface area contributed by atoms with Gasteiger partial charge in [0.25, 0.3) is 0 Å². The summed E-state index contributed by atoms with van der Waals surface area (Å²) < 4.78 is 38.8. The Balaban J connectivity index is 1.98. The number of hydrogen-bond acceptors (Lipinski definition) is 3. The Bertz CT molecular complexity index is 569. The molecule has 4 nitrogen and oxygen atoms in total. The van der Waals surface area contributed by atoms with Gasteiger partial charge in [-0.1, -0.05) is 0 Å². The fourth-order valence-corrected chi connectivity index (χ4v) is 1.40. The molecule has 0 radical (unpaired) electrons. The first-order valence-electron chi connectivity index (χ1n) is 5.39. The molecule has 0 unspecified atom stereocenters. The highest BCUT2D eigenvalue weighted by molar-refractivity contribution is 5.79. The number of alkyl halides is 3. The highest BCUT2D eigenvalue weighted by atomic mass is 19.4. The molecule has 2 aromatic heterocycles. The third-order valence-electron chi connectivity index (χ3n) is 2.34. The molecule has 0 aliphatic heterocycles. The zero-order valence-corrected chi connectivity index (χ0v) is 10.0. The summed E-state index contributed by atoms with van der Waals surface area (Å²) >= 11 is 0. The Morgan fingerprint density at radius 3 is 2.63 bits per heavy atom. The predicted octanol–water partition coefficient (Wildman–Crippen LogP) is 2.88. The van der Waals surface area contributed by atoms with E-state index in [0.717, 1.165) is 17.8 Å². The summed E-state index contributed by atoms with van der Waals surface area (Å²) in [4.78, 5) is 3.63. The molecule has 2 aromatic rings. The third-order valence-corrected chi connectivity index (χ3v) is 2.34. The molecule has 0 bridgehead atoms. The molecule has 100 valence electrons. The second kappa shape index (κ2) is 5.13. The topological polar surface area (TPSA) is 42.2 Å². The Labute approximate surface area is 107 Å². The lowest BCUT2D eigenvalue weighted by Crippen LogP contribution is -2.05. The number of hydrogen-bond donors (Lipinski definition) is 1. The molecule has 2 heterocycles. The zero-order chi connectivity index (χ0) is 13.9. The number of hydrazone groups is 1. The summed E-state index contributed by atoms with van der Waals surface area (Å²) in [5, 5.41) is 3.88. The Kier molecular flexibility index (Phi) is 3.55. The van der Waals surface area contributed by atoms with Crippen LogP contribution in [0.15, 0.2) is 41.9 Å². The molecule has 0 aliphatic carbocycles. The van der Waals surface area contributed by atoms with Crippen LogP contribution in [-0.2, 0) is 13.2 Å². The van der Waals surface area contributed by atoms with Crippen LogP contribution in [0.1, 0.15) is 11.1 Å². The van der Waals surface area contributed by atoms with E-state index < -0.39 is 11.7 Å². The fraction of sp³-hybridized carbons (Fsp3) is 0.167. The van der Waals surface area contributed by atoms with Crippen molar-refractivity contribution >= 4 is 12.0 Å². The molecule has 0 aromatic carbocycles. The summed E-state index contributed by atoms with van der Waals surface area (Å²) in [6, 6.07) is 4.03. The van der Waals surface area contributed by atoms with Gasteiger partial charge in [0, 0.05) is 31.2 Å². The number of nitrogens with zero attached hydrogens (tertiary/aromatic N) is 3. The van der Waals surface area contributed by atoms with E-state index in [4.69, 9.17) is 0 Å². The molecule has 0 saturated carbocycles. The average molecular weight is 268 g/mol. The molecule has 7 heteroatoms. The van der Waals surface area contributed by atoms with Gasteiger partial charge in [0.05, 0.1) is 11.8 Å². The first-order valence-corrected chi connectivity index (χ1v) is 5.39. The molecule has 19 heavy (non-hydrogen) atoms. The molecule has 0 aliphatic rings. The molecule has 1 N–H and O–H groups in total. The molecule has 0 fully saturated rings. The minimum absolute atomic E-state index is 0.250. The number of pyridine rings is 1. The summed E-state index contributed by atoms with van der Waals surface area (Å²) in [6.45, 7) is 0. The number of rotatable bonds is 3. The number of aryl methyl sites for hydroxylation is 1. The van der Waals surface area contributed by atoms with E-state index >= 15 is 0 Å². The second-order valence-electron chi connectivity index (χ2n) is 3.91. The van der Waals surface area contributed by atoms with Crippen molar-refractivity contribution in [3.05, 3.63) is 47.9 Å². The van der Waals surface area contributed by atoms with E-state index in [1.54, 1.807) is 6.21 Å². The Morgan fingerprint density at radius 2 is 2.11 bits per heavy atom. The van der Waals surface area contributed by atoms with Gasteiger partial charge in [0.1, 0.15) is 5.82 Å². The van der Waals surface area contributed by atoms with Crippen LogP contribution in [0.2, 0.25) is 0 Å². The molecule has 0 amide bonds. The molecule has 0 spiro atoms. The molecule has 0 saturated heterocycles. The third kappa shape index (κ3) is 3.57. The summed E-state index contributed by atoms with van der Waals surface area (Å²) in [5.74, 6) is 0.250. The van der Waals surface area contributed by atoms with Gasteiger partial charge in [-0.05, 0) is 18.2 Å². The van der Waals surface area contributed by atoms with Crippen molar-refractivity contribution in [3.8, 4) is 0 Å². The van der Waals surface area contributed by atoms with Gasteiger partial charge in [-0.3, -0.25) is 5.43 Å². The highest BCUT2D eigenvalue weighted by Gasteiger charge is 2.30. The normalized spacial score (nSPS) is 12.0. The molecule has 0 atom stereocenters. The van der Waals surface area contributed by atoms with E-state index in [1.807, 2.05) is 30.1 Å². The summed E-state index contributed by atoms with van der Waals surface area (Å²) in [6.07, 6.45) is 1.65. The van der Waals surface area contributed by atoms with E-state index in [9.17, 15) is 13.2 Å². The predicted molar refractivity (Wildman–Crippen MR) is 65.9 cm³/mol. The van der Waals surface area contributed by atoms with Gasteiger partial charge in [-0.2, -0.15) is 18.3 Å². The first-order chi connectivity index (χ1) is 8.95. The first kappa shape index (κ1) is 13.1. The van der Waals surface area contributed by atoms with Gasteiger partial charge in [-0.15, -0.1) is 0 Å². The maximum atomic E-state index is 12.3. The monoisotopic (exact) mass is 268 g/mol. The van der Waals surface area contributed by atoms with Crippen molar-refractivity contribution < 1.29 is 13.2 Å².